The molecule has 2 aromatic carbocycles. The maximum atomic E-state index is 13.3. The van der Waals surface area contributed by atoms with Crippen LogP contribution in [0, 0.1) is 5.82 Å². The van der Waals surface area contributed by atoms with Crippen molar-refractivity contribution < 1.29 is 18.7 Å². The SMILES string of the molecule is COc1ccc(F)cc1COC(=O)c1ccc2nccnc2c1. The minimum Gasteiger partial charge on any atom is -0.496 e. The number of halogens is 1. The van der Waals surface area contributed by atoms with Gasteiger partial charge in [0, 0.05) is 18.0 Å². The first-order valence-electron chi connectivity index (χ1n) is 6.87. The second-order valence-electron chi connectivity index (χ2n) is 4.79. The number of esters is 1. The van der Waals surface area contributed by atoms with Gasteiger partial charge in [0.1, 0.15) is 18.2 Å². The van der Waals surface area contributed by atoms with E-state index in [1.807, 2.05) is 0 Å². The largest absolute Gasteiger partial charge is 0.496 e. The molecule has 0 N–H and O–H groups in total. The molecule has 0 aliphatic rings. The van der Waals surface area contributed by atoms with Gasteiger partial charge in [-0.15, -0.1) is 0 Å². The Morgan fingerprint density at radius 2 is 1.87 bits per heavy atom. The lowest BCUT2D eigenvalue weighted by atomic mass is 10.2. The van der Waals surface area contributed by atoms with Crippen LogP contribution >= 0.6 is 0 Å². The molecule has 0 aliphatic carbocycles. The van der Waals surface area contributed by atoms with Crippen molar-refractivity contribution in [3.63, 3.8) is 0 Å². The van der Waals surface area contributed by atoms with Gasteiger partial charge in [-0.2, -0.15) is 0 Å². The van der Waals surface area contributed by atoms with Crippen molar-refractivity contribution in [2.24, 2.45) is 0 Å². The smallest absolute Gasteiger partial charge is 0.338 e. The Morgan fingerprint density at radius 3 is 2.65 bits per heavy atom. The van der Waals surface area contributed by atoms with Crippen molar-refractivity contribution >= 4 is 17.0 Å². The Kier molecular flexibility index (Phi) is 4.14. The third kappa shape index (κ3) is 3.26. The van der Waals surface area contributed by atoms with Crippen molar-refractivity contribution in [1.82, 2.24) is 9.97 Å². The van der Waals surface area contributed by atoms with Crippen molar-refractivity contribution in [3.05, 3.63) is 65.7 Å². The number of nitrogens with zero attached hydrogens (tertiary/aromatic N) is 2. The zero-order chi connectivity index (χ0) is 16.2. The van der Waals surface area contributed by atoms with Crippen LogP contribution in [0.25, 0.3) is 11.0 Å². The molecule has 3 aromatic rings. The molecule has 23 heavy (non-hydrogen) atoms. The molecule has 0 saturated carbocycles. The number of hydrogen-bond acceptors (Lipinski definition) is 5. The number of aromatic nitrogens is 2. The number of hydrogen-bond donors (Lipinski definition) is 0. The molecule has 1 aromatic heterocycles. The number of fused-ring (bicyclic) bond motifs is 1. The van der Waals surface area contributed by atoms with E-state index in [-0.39, 0.29) is 6.61 Å². The third-order valence-corrected chi connectivity index (χ3v) is 3.31. The Balaban J connectivity index is 1.77. The minimum absolute atomic E-state index is 0.0850. The fraction of sp³-hybridized carbons (Fsp3) is 0.118. The van der Waals surface area contributed by atoms with Crippen LogP contribution in [0.5, 0.6) is 5.75 Å². The summed E-state index contributed by atoms with van der Waals surface area (Å²) in [5, 5.41) is 0. The monoisotopic (exact) mass is 312 g/mol. The fourth-order valence-corrected chi connectivity index (χ4v) is 2.18. The fourth-order valence-electron chi connectivity index (χ4n) is 2.18. The highest BCUT2D eigenvalue weighted by Crippen LogP contribution is 2.21. The highest BCUT2D eigenvalue weighted by atomic mass is 19.1. The Morgan fingerprint density at radius 1 is 1.09 bits per heavy atom. The van der Waals surface area contributed by atoms with E-state index < -0.39 is 11.8 Å². The molecule has 0 saturated heterocycles. The average Bonchev–Trinajstić information content (AvgIpc) is 2.59. The number of carbonyl (C=O) groups excluding carboxylic acids is 1. The summed E-state index contributed by atoms with van der Waals surface area (Å²) in [6.07, 6.45) is 3.13. The molecule has 0 aliphatic heterocycles. The highest BCUT2D eigenvalue weighted by Gasteiger charge is 2.11. The van der Waals surface area contributed by atoms with Gasteiger partial charge in [0.25, 0.3) is 0 Å². The average molecular weight is 312 g/mol. The van der Waals surface area contributed by atoms with Gasteiger partial charge in [-0.25, -0.2) is 9.18 Å². The van der Waals surface area contributed by atoms with Crippen LogP contribution in [0.3, 0.4) is 0 Å². The predicted molar refractivity (Wildman–Crippen MR) is 81.6 cm³/mol. The minimum atomic E-state index is -0.524. The maximum absolute atomic E-state index is 13.3. The Hall–Kier alpha value is -3.02. The van der Waals surface area contributed by atoms with E-state index >= 15 is 0 Å². The molecule has 1 heterocycles. The van der Waals surface area contributed by atoms with Crippen LogP contribution in [-0.4, -0.2) is 23.0 Å². The second kappa shape index (κ2) is 6.39. The number of ether oxygens (including phenoxy) is 2. The van der Waals surface area contributed by atoms with Gasteiger partial charge in [0.05, 0.1) is 23.7 Å². The number of benzene rings is 2. The van der Waals surface area contributed by atoms with Gasteiger partial charge in [0.2, 0.25) is 0 Å². The van der Waals surface area contributed by atoms with Crippen molar-refractivity contribution in [1.29, 1.82) is 0 Å². The molecule has 0 atom stereocenters. The number of rotatable bonds is 4. The summed E-state index contributed by atoms with van der Waals surface area (Å²) in [7, 11) is 1.47. The van der Waals surface area contributed by atoms with Crippen LogP contribution < -0.4 is 4.74 Å². The standard InChI is InChI=1S/C17H13FN2O3/c1-22-16-5-3-13(18)8-12(16)10-23-17(21)11-2-4-14-15(9-11)20-7-6-19-14/h2-9H,10H2,1H3. The first-order chi connectivity index (χ1) is 11.2. The molecule has 0 bridgehead atoms. The van der Waals surface area contributed by atoms with Crippen molar-refractivity contribution in [3.8, 4) is 5.75 Å². The van der Waals surface area contributed by atoms with E-state index in [4.69, 9.17) is 9.47 Å². The van der Waals surface area contributed by atoms with Gasteiger partial charge in [0.15, 0.2) is 0 Å². The summed E-state index contributed by atoms with van der Waals surface area (Å²) in [6, 6.07) is 8.96. The van der Waals surface area contributed by atoms with E-state index in [1.165, 1.54) is 25.3 Å². The quantitative estimate of drug-likeness (QED) is 0.693. The van der Waals surface area contributed by atoms with Gasteiger partial charge >= 0.3 is 5.97 Å². The van der Waals surface area contributed by atoms with Crippen molar-refractivity contribution in [2.45, 2.75) is 6.61 Å². The molecule has 3 rings (SSSR count). The van der Waals surface area contributed by atoms with E-state index in [9.17, 15) is 9.18 Å². The highest BCUT2D eigenvalue weighted by molar-refractivity contribution is 5.93. The lowest BCUT2D eigenvalue weighted by Crippen LogP contribution is -2.06. The molecule has 0 unspecified atom stereocenters. The van der Waals surface area contributed by atoms with Crippen LogP contribution in [0.15, 0.2) is 48.8 Å². The van der Waals surface area contributed by atoms with Gasteiger partial charge < -0.3 is 9.47 Å². The van der Waals surface area contributed by atoms with Crippen LogP contribution in [0.1, 0.15) is 15.9 Å². The third-order valence-electron chi connectivity index (χ3n) is 3.31. The number of carbonyl (C=O) groups is 1. The molecule has 0 fully saturated rings. The predicted octanol–water partition coefficient (Wildman–Crippen LogP) is 3.13. The molecular weight excluding hydrogens is 299 g/mol. The second-order valence-corrected chi connectivity index (χ2v) is 4.79. The summed E-state index contributed by atoms with van der Waals surface area (Å²) < 4.78 is 23.6. The lowest BCUT2D eigenvalue weighted by molar-refractivity contribution is 0.0470. The summed E-state index contributed by atoms with van der Waals surface area (Å²) in [6.45, 7) is -0.0850. The number of methoxy groups -OCH3 is 1. The van der Waals surface area contributed by atoms with Crippen LogP contribution in [-0.2, 0) is 11.3 Å². The molecule has 116 valence electrons. The van der Waals surface area contributed by atoms with E-state index in [2.05, 4.69) is 9.97 Å². The normalized spacial score (nSPS) is 10.5. The zero-order valence-electron chi connectivity index (χ0n) is 12.3. The molecular formula is C17H13FN2O3. The molecule has 0 radical (unpaired) electrons. The molecule has 0 spiro atoms. The molecule has 6 heteroatoms. The summed E-state index contributed by atoms with van der Waals surface area (Å²) in [5.41, 5.74) is 2.11. The lowest BCUT2D eigenvalue weighted by Gasteiger charge is -2.09. The van der Waals surface area contributed by atoms with Crippen LogP contribution in [0.4, 0.5) is 4.39 Å². The molecule has 5 nitrogen and oxygen atoms in total. The summed E-state index contributed by atoms with van der Waals surface area (Å²) in [4.78, 5) is 20.4. The molecule has 0 amide bonds. The van der Waals surface area contributed by atoms with E-state index in [1.54, 1.807) is 30.6 Å². The summed E-state index contributed by atoms with van der Waals surface area (Å²) >= 11 is 0. The van der Waals surface area contributed by atoms with Gasteiger partial charge in [-0.05, 0) is 36.4 Å². The van der Waals surface area contributed by atoms with E-state index in [0.717, 1.165) is 0 Å². The Bertz CT molecular complexity index is 867. The first kappa shape index (κ1) is 14.9. The van der Waals surface area contributed by atoms with Crippen LogP contribution in [0.2, 0.25) is 0 Å². The topological polar surface area (TPSA) is 61.3 Å². The first-order valence-corrected chi connectivity index (χ1v) is 6.87. The van der Waals surface area contributed by atoms with Gasteiger partial charge in [-0.1, -0.05) is 0 Å². The van der Waals surface area contributed by atoms with Crippen molar-refractivity contribution in [2.75, 3.05) is 7.11 Å². The maximum Gasteiger partial charge on any atom is 0.338 e. The summed E-state index contributed by atoms with van der Waals surface area (Å²) in [5.74, 6) is -0.481. The zero-order valence-corrected chi connectivity index (χ0v) is 12.3. The van der Waals surface area contributed by atoms with E-state index in [0.29, 0.717) is 27.9 Å². The Labute approximate surface area is 131 Å². The van der Waals surface area contributed by atoms with Gasteiger partial charge in [-0.3, -0.25) is 9.97 Å².